The second-order valence-electron chi connectivity index (χ2n) is 5.53. The summed E-state index contributed by atoms with van der Waals surface area (Å²) in [6.07, 6.45) is 1.50. The number of carbonyl (C=O) groups excluding carboxylic acids is 1. The number of carboxylic acids is 1. The fraction of sp³-hybridized carbons (Fsp3) is 0.833. The summed E-state index contributed by atoms with van der Waals surface area (Å²) in [5.41, 5.74) is -0.503. The summed E-state index contributed by atoms with van der Waals surface area (Å²) < 4.78 is 5.27. The van der Waals surface area contributed by atoms with Crippen molar-refractivity contribution in [3.8, 4) is 0 Å². The highest BCUT2D eigenvalue weighted by atomic mass is 16.6. The lowest BCUT2D eigenvalue weighted by Crippen LogP contribution is -2.43. The van der Waals surface area contributed by atoms with E-state index in [0.29, 0.717) is 13.1 Å². The van der Waals surface area contributed by atoms with Gasteiger partial charge in [-0.25, -0.2) is 4.79 Å². The number of hydrogen-bond donors (Lipinski definition) is 1. The van der Waals surface area contributed by atoms with E-state index in [4.69, 9.17) is 9.84 Å². The third-order valence-corrected chi connectivity index (χ3v) is 2.63. The molecule has 1 atom stereocenters. The smallest absolute Gasteiger partial charge is 0.410 e. The third-order valence-electron chi connectivity index (χ3n) is 2.63. The number of rotatable bonds is 2. The van der Waals surface area contributed by atoms with Crippen LogP contribution in [-0.4, -0.2) is 40.8 Å². The Morgan fingerprint density at radius 1 is 1.41 bits per heavy atom. The molecule has 5 heteroatoms. The Balaban J connectivity index is 2.49. The molecule has 0 aromatic heterocycles. The van der Waals surface area contributed by atoms with Gasteiger partial charge in [-0.3, -0.25) is 4.79 Å². The minimum atomic E-state index is -0.805. The number of carbonyl (C=O) groups is 2. The monoisotopic (exact) mass is 243 g/mol. The molecule has 0 aliphatic carbocycles. The maximum absolute atomic E-state index is 11.8. The Morgan fingerprint density at radius 2 is 2.06 bits per heavy atom. The van der Waals surface area contributed by atoms with Crippen LogP contribution in [0.15, 0.2) is 0 Å². The van der Waals surface area contributed by atoms with Crippen LogP contribution in [0.4, 0.5) is 4.79 Å². The quantitative estimate of drug-likeness (QED) is 0.806. The van der Waals surface area contributed by atoms with Crippen LogP contribution in [-0.2, 0) is 9.53 Å². The maximum atomic E-state index is 11.8. The van der Waals surface area contributed by atoms with Crippen molar-refractivity contribution in [3.05, 3.63) is 0 Å². The molecule has 1 aliphatic rings. The SMILES string of the molecule is CC(C)(C)OC(=O)N1CCC[C@H](CC(=O)O)C1. The summed E-state index contributed by atoms with van der Waals surface area (Å²) in [4.78, 5) is 24.1. The zero-order chi connectivity index (χ0) is 13.1. The lowest BCUT2D eigenvalue weighted by Gasteiger charge is -2.33. The summed E-state index contributed by atoms with van der Waals surface area (Å²) in [6.45, 7) is 6.61. The first-order chi connectivity index (χ1) is 7.78. The Bertz CT molecular complexity index is 295. The number of likely N-dealkylation sites (tertiary alicyclic amines) is 1. The number of amides is 1. The van der Waals surface area contributed by atoms with E-state index >= 15 is 0 Å². The Labute approximate surface area is 102 Å². The van der Waals surface area contributed by atoms with E-state index in [1.807, 2.05) is 20.8 Å². The van der Waals surface area contributed by atoms with E-state index in [1.54, 1.807) is 4.90 Å². The predicted molar refractivity (Wildman–Crippen MR) is 62.8 cm³/mol. The molecule has 0 aromatic rings. The van der Waals surface area contributed by atoms with Crippen LogP contribution in [0, 0.1) is 5.92 Å². The number of hydrogen-bond acceptors (Lipinski definition) is 3. The summed E-state index contributed by atoms with van der Waals surface area (Å²) in [5.74, 6) is -0.755. The molecule has 0 saturated carbocycles. The molecule has 1 N–H and O–H groups in total. The molecular weight excluding hydrogens is 222 g/mol. The molecule has 0 unspecified atom stereocenters. The highest BCUT2D eigenvalue weighted by molar-refractivity contribution is 5.69. The van der Waals surface area contributed by atoms with E-state index in [-0.39, 0.29) is 18.4 Å². The lowest BCUT2D eigenvalue weighted by molar-refractivity contribution is -0.138. The first-order valence-corrected chi connectivity index (χ1v) is 5.97. The topological polar surface area (TPSA) is 66.8 Å². The molecule has 0 radical (unpaired) electrons. The van der Waals surface area contributed by atoms with E-state index in [1.165, 1.54) is 0 Å². The fourth-order valence-corrected chi connectivity index (χ4v) is 1.97. The third kappa shape index (κ3) is 5.06. The largest absolute Gasteiger partial charge is 0.481 e. The molecule has 1 fully saturated rings. The molecule has 0 spiro atoms. The van der Waals surface area contributed by atoms with Crippen LogP contribution in [0.2, 0.25) is 0 Å². The van der Waals surface area contributed by atoms with E-state index < -0.39 is 11.6 Å². The summed E-state index contributed by atoms with van der Waals surface area (Å²) >= 11 is 0. The molecule has 1 rings (SSSR count). The van der Waals surface area contributed by atoms with Crippen molar-refractivity contribution in [1.82, 2.24) is 4.90 Å². The van der Waals surface area contributed by atoms with Gasteiger partial charge in [0, 0.05) is 19.5 Å². The Morgan fingerprint density at radius 3 is 2.59 bits per heavy atom. The second kappa shape index (κ2) is 5.38. The van der Waals surface area contributed by atoms with Crippen molar-refractivity contribution < 1.29 is 19.4 Å². The summed E-state index contributed by atoms with van der Waals surface area (Å²) in [5, 5.41) is 8.74. The summed E-state index contributed by atoms with van der Waals surface area (Å²) in [6, 6.07) is 0. The van der Waals surface area contributed by atoms with Crippen LogP contribution in [0.5, 0.6) is 0 Å². The van der Waals surface area contributed by atoms with Crippen LogP contribution in [0.3, 0.4) is 0 Å². The molecule has 1 amide bonds. The molecule has 1 saturated heterocycles. The van der Waals surface area contributed by atoms with Crippen LogP contribution >= 0.6 is 0 Å². The number of aliphatic carboxylic acids is 1. The van der Waals surface area contributed by atoms with E-state index in [0.717, 1.165) is 12.8 Å². The number of ether oxygens (including phenoxy) is 1. The van der Waals surface area contributed by atoms with Crippen molar-refractivity contribution in [2.24, 2.45) is 5.92 Å². The van der Waals surface area contributed by atoms with Crippen molar-refractivity contribution in [1.29, 1.82) is 0 Å². The molecule has 98 valence electrons. The average molecular weight is 243 g/mol. The van der Waals surface area contributed by atoms with Gasteiger partial charge in [-0.15, -0.1) is 0 Å². The van der Waals surface area contributed by atoms with E-state index in [2.05, 4.69) is 0 Å². The Kier molecular flexibility index (Phi) is 4.37. The highest BCUT2D eigenvalue weighted by Gasteiger charge is 2.28. The molecule has 0 aromatic carbocycles. The van der Waals surface area contributed by atoms with Gasteiger partial charge in [0.1, 0.15) is 5.60 Å². The van der Waals surface area contributed by atoms with Crippen LogP contribution in [0.25, 0.3) is 0 Å². The minimum Gasteiger partial charge on any atom is -0.481 e. The highest BCUT2D eigenvalue weighted by Crippen LogP contribution is 2.21. The minimum absolute atomic E-state index is 0.0498. The normalized spacial score (nSPS) is 21.1. The van der Waals surface area contributed by atoms with Gasteiger partial charge in [-0.2, -0.15) is 0 Å². The van der Waals surface area contributed by atoms with Gasteiger partial charge in [0.15, 0.2) is 0 Å². The van der Waals surface area contributed by atoms with Crippen molar-refractivity contribution in [2.45, 2.75) is 45.6 Å². The van der Waals surface area contributed by atoms with E-state index in [9.17, 15) is 9.59 Å². The van der Waals surface area contributed by atoms with Gasteiger partial charge in [0.2, 0.25) is 0 Å². The second-order valence-corrected chi connectivity index (χ2v) is 5.53. The van der Waals surface area contributed by atoms with Crippen LogP contribution < -0.4 is 0 Å². The maximum Gasteiger partial charge on any atom is 0.410 e. The number of nitrogens with zero attached hydrogens (tertiary/aromatic N) is 1. The van der Waals surface area contributed by atoms with Gasteiger partial charge in [0.25, 0.3) is 0 Å². The fourth-order valence-electron chi connectivity index (χ4n) is 1.97. The Hall–Kier alpha value is -1.26. The zero-order valence-corrected chi connectivity index (χ0v) is 10.7. The molecular formula is C12H21NO4. The van der Waals surface area contributed by atoms with Gasteiger partial charge in [0.05, 0.1) is 0 Å². The predicted octanol–water partition coefficient (Wildman–Crippen LogP) is 2.11. The molecule has 5 nitrogen and oxygen atoms in total. The first kappa shape index (κ1) is 13.8. The number of carboxylic acid groups (broad SMARTS) is 1. The number of piperidine rings is 1. The standard InChI is InChI=1S/C12H21NO4/c1-12(2,3)17-11(16)13-6-4-5-9(8-13)7-10(14)15/h9H,4-8H2,1-3H3,(H,14,15)/t9-/m1/s1. The molecule has 1 aliphatic heterocycles. The van der Waals surface area contributed by atoms with Crippen LogP contribution in [0.1, 0.15) is 40.0 Å². The van der Waals surface area contributed by atoms with Crippen molar-refractivity contribution in [3.63, 3.8) is 0 Å². The average Bonchev–Trinajstić information content (AvgIpc) is 2.14. The lowest BCUT2D eigenvalue weighted by atomic mass is 9.95. The molecule has 17 heavy (non-hydrogen) atoms. The van der Waals surface area contributed by atoms with Gasteiger partial charge >= 0.3 is 12.1 Å². The first-order valence-electron chi connectivity index (χ1n) is 5.97. The van der Waals surface area contributed by atoms with Gasteiger partial charge in [-0.1, -0.05) is 0 Å². The summed E-state index contributed by atoms with van der Waals surface area (Å²) in [7, 11) is 0. The van der Waals surface area contributed by atoms with Gasteiger partial charge in [-0.05, 0) is 39.5 Å². The molecule has 0 bridgehead atoms. The zero-order valence-electron chi connectivity index (χ0n) is 10.7. The van der Waals surface area contributed by atoms with Crippen molar-refractivity contribution in [2.75, 3.05) is 13.1 Å². The van der Waals surface area contributed by atoms with Gasteiger partial charge < -0.3 is 14.7 Å². The van der Waals surface area contributed by atoms with Crippen molar-refractivity contribution >= 4 is 12.1 Å². The molecule has 1 heterocycles.